The summed E-state index contributed by atoms with van der Waals surface area (Å²) in [5, 5.41) is 9.33. The predicted octanol–water partition coefficient (Wildman–Crippen LogP) is -0.0454. The highest BCUT2D eigenvalue weighted by Gasteiger charge is 2.36. The van der Waals surface area contributed by atoms with Gasteiger partial charge in [-0.2, -0.15) is 0 Å². The summed E-state index contributed by atoms with van der Waals surface area (Å²) in [6.45, 7) is 5.36. The van der Waals surface area contributed by atoms with Gasteiger partial charge in [0.1, 0.15) is 0 Å². The number of carbonyl (C=O) groups is 1. The maximum absolute atomic E-state index is 12.0. The molecule has 1 amide bonds. The number of nitrogens with two attached hydrogens (primary N) is 1. The Morgan fingerprint density at radius 2 is 2.36 bits per heavy atom. The van der Waals surface area contributed by atoms with Crippen LogP contribution in [0.3, 0.4) is 0 Å². The number of aliphatic hydroxyl groups excluding tert-OH is 1. The number of hydrogen-bond donors (Lipinski definition) is 2. The minimum absolute atomic E-state index is 0.0825. The third kappa shape index (κ3) is 2.07. The Bertz CT molecular complexity index is 214. The number of amides is 1. The second-order valence-electron chi connectivity index (χ2n) is 4.31. The van der Waals surface area contributed by atoms with Crippen LogP contribution in [0.4, 0.5) is 0 Å². The highest BCUT2D eigenvalue weighted by atomic mass is 16.3. The van der Waals surface area contributed by atoms with Crippen molar-refractivity contribution in [3.05, 3.63) is 0 Å². The number of likely N-dealkylation sites (tertiary alicyclic amines) is 1. The Morgan fingerprint density at radius 3 is 2.71 bits per heavy atom. The van der Waals surface area contributed by atoms with Gasteiger partial charge < -0.3 is 15.7 Å². The zero-order valence-electron chi connectivity index (χ0n) is 8.99. The molecule has 1 aliphatic heterocycles. The van der Waals surface area contributed by atoms with E-state index in [9.17, 15) is 9.90 Å². The first-order valence-corrected chi connectivity index (χ1v) is 5.21. The van der Waals surface area contributed by atoms with Gasteiger partial charge in [-0.15, -0.1) is 0 Å². The lowest BCUT2D eigenvalue weighted by atomic mass is 9.86. The van der Waals surface area contributed by atoms with E-state index in [0.29, 0.717) is 26.1 Å². The fourth-order valence-electron chi connectivity index (χ4n) is 1.69. The van der Waals surface area contributed by atoms with E-state index in [0.717, 1.165) is 6.42 Å². The lowest BCUT2D eigenvalue weighted by Crippen LogP contribution is -2.45. The summed E-state index contributed by atoms with van der Waals surface area (Å²) >= 11 is 0. The van der Waals surface area contributed by atoms with Crippen molar-refractivity contribution in [3.8, 4) is 0 Å². The van der Waals surface area contributed by atoms with Gasteiger partial charge in [-0.1, -0.05) is 6.92 Å². The first kappa shape index (κ1) is 11.5. The van der Waals surface area contributed by atoms with Gasteiger partial charge in [-0.3, -0.25) is 4.79 Å². The standard InChI is InChI=1S/C10H20N2O2/c1-3-10(2,7-11)9(14)12-5-4-8(13)6-12/h8,13H,3-7,11H2,1-2H3/t8-,10?/m0/s1. The Kier molecular flexibility index (Phi) is 3.50. The normalized spacial score (nSPS) is 26.3. The van der Waals surface area contributed by atoms with Crippen molar-refractivity contribution in [3.63, 3.8) is 0 Å². The summed E-state index contributed by atoms with van der Waals surface area (Å²) in [6.07, 6.45) is 1.09. The number of β-amino-alcohol motifs (C(OH)–C–C–N with tert-alkyl or cyclic N) is 1. The molecule has 0 radical (unpaired) electrons. The van der Waals surface area contributed by atoms with Crippen LogP contribution in [0.15, 0.2) is 0 Å². The lowest BCUT2D eigenvalue weighted by Gasteiger charge is -2.30. The Balaban J connectivity index is 2.64. The lowest BCUT2D eigenvalue weighted by molar-refractivity contribution is -0.140. The molecule has 4 nitrogen and oxygen atoms in total. The third-order valence-corrected chi connectivity index (χ3v) is 3.20. The third-order valence-electron chi connectivity index (χ3n) is 3.20. The van der Waals surface area contributed by atoms with Crippen LogP contribution in [0.1, 0.15) is 26.7 Å². The summed E-state index contributed by atoms with van der Waals surface area (Å²) in [6, 6.07) is 0. The topological polar surface area (TPSA) is 66.6 Å². The highest BCUT2D eigenvalue weighted by molar-refractivity contribution is 5.82. The fraction of sp³-hybridized carbons (Fsp3) is 0.900. The van der Waals surface area contributed by atoms with Gasteiger partial charge in [-0.25, -0.2) is 0 Å². The smallest absolute Gasteiger partial charge is 0.229 e. The first-order valence-electron chi connectivity index (χ1n) is 5.21. The van der Waals surface area contributed by atoms with Crippen molar-refractivity contribution < 1.29 is 9.90 Å². The predicted molar refractivity (Wildman–Crippen MR) is 54.7 cm³/mol. The van der Waals surface area contributed by atoms with Gasteiger partial charge in [0.25, 0.3) is 0 Å². The second-order valence-corrected chi connectivity index (χ2v) is 4.31. The fourth-order valence-corrected chi connectivity index (χ4v) is 1.69. The molecule has 0 aromatic carbocycles. The molecule has 4 heteroatoms. The summed E-state index contributed by atoms with van der Waals surface area (Å²) in [7, 11) is 0. The summed E-state index contributed by atoms with van der Waals surface area (Å²) < 4.78 is 0. The van der Waals surface area contributed by atoms with Crippen molar-refractivity contribution in [1.82, 2.24) is 4.90 Å². The molecular weight excluding hydrogens is 180 g/mol. The van der Waals surface area contributed by atoms with E-state index in [4.69, 9.17) is 5.73 Å². The van der Waals surface area contributed by atoms with E-state index in [-0.39, 0.29) is 12.0 Å². The van der Waals surface area contributed by atoms with Crippen LogP contribution < -0.4 is 5.73 Å². The van der Waals surface area contributed by atoms with E-state index < -0.39 is 5.41 Å². The average Bonchev–Trinajstić information content (AvgIpc) is 2.62. The number of hydrogen-bond acceptors (Lipinski definition) is 3. The van der Waals surface area contributed by atoms with Gasteiger partial charge in [-0.05, 0) is 19.8 Å². The second kappa shape index (κ2) is 4.28. The largest absolute Gasteiger partial charge is 0.391 e. The van der Waals surface area contributed by atoms with Crippen molar-refractivity contribution in [1.29, 1.82) is 0 Å². The minimum atomic E-state index is -0.454. The molecule has 3 N–H and O–H groups in total. The van der Waals surface area contributed by atoms with Crippen LogP contribution >= 0.6 is 0 Å². The number of nitrogens with zero attached hydrogens (tertiary/aromatic N) is 1. The van der Waals surface area contributed by atoms with Crippen molar-refractivity contribution >= 4 is 5.91 Å². The van der Waals surface area contributed by atoms with Crippen LogP contribution in [-0.4, -0.2) is 41.7 Å². The van der Waals surface area contributed by atoms with Crippen LogP contribution in [-0.2, 0) is 4.79 Å². The number of rotatable bonds is 3. The molecule has 1 heterocycles. The summed E-state index contributed by atoms with van der Waals surface area (Å²) in [5.41, 5.74) is 5.16. The minimum Gasteiger partial charge on any atom is -0.391 e. The van der Waals surface area contributed by atoms with E-state index in [1.807, 2.05) is 13.8 Å². The van der Waals surface area contributed by atoms with E-state index in [1.54, 1.807) is 4.90 Å². The number of carbonyl (C=O) groups excluding carboxylic acids is 1. The first-order chi connectivity index (χ1) is 6.53. The molecule has 1 aliphatic rings. The molecule has 82 valence electrons. The highest BCUT2D eigenvalue weighted by Crippen LogP contribution is 2.24. The average molecular weight is 200 g/mol. The summed E-state index contributed by atoms with van der Waals surface area (Å²) in [5.74, 6) is 0.0825. The SMILES string of the molecule is CCC(C)(CN)C(=O)N1CC[C@H](O)C1. The number of aliphatic hydroxyl groups is 1. The maximum Gasteiger partial charge on any atom is 0.229 e. The maximum atomic E-state index is 12.0. The Hall–Kier alpha value is -0.610. The molecule has 0 bridgehead atoms. The molecule has 0 aromatic rings. The quantitative estimate of drug-likeness (QED) is 0.671. The van der Waals surface area contributed by atoms with Crippen molar-refractivity contribution in [2.24, 2.45) is 11.1 Å². The molecule has 0 saturated carbocycles. The summed E-state index contributed by atoms with van der Waals surface area (Å²) in [4.78, 5) is 13.7. The molecule has 1 saturated heterocycles. The van der Waals surface area contributed by atoms with Crippen LogP contribution in [0.2, 0.25) is 0 Å². The molecule has 1 rings (SSSR count). The van der Waals surface area contributed by atoms with Crippen molar-refractivity contribution in [2.45, 2.75) is 32.8 Å². The van der Waals surface area contributed by atoms with E-state index in [1.165, 1.54) is 0 Å². The van der Waals surface area contributed by atoms with Crippen molar-refractivity contribution in [2.75, 3.05) is 19.6 Å². The van der Waals surface area contributed by atoms with Gasteiger partial charge in [0, 0.05) is 19.6 Å². The molecule has 1 fully saturated rings. The molecule has 0 spiro atoms. The van der Waals surface area contributed by atoms with Crippen LogP contribution in [0.5, 0.6) is 0 Å². The molecule has 1 unspecified atom stereocenters. The van der Waals surface area contributed by atoms with Gasteiger partial charge in [0.15, 0.2) is 0 Å². The molecule has 0 aromatic heterocycles. The van der Waals surface area contributed by atoms with E-state index >= 15 is 0 Å². The molecule has 14 heavy (non-hydrogen) atoms. The Morgan fingerprint density at radius 1 is 1.71 bits per heavy atom. The Labute approximate surface area is 85.1 Å². The van der Waals surface area contributed by atoms with Crippen LogP contribution in [0.25, 0.3) is 0 Å². The monoisotopic (exact) mass is 200 g/mol. The molecule has 2 atom stereocenters. The molecule has 0 aliphatic carbocycles. The zero-order chi connectivity index (χ0) is 10.8. The zero-order valence-corrected chi connectivity index (χ0v) is 8.99. The van der Waals surface area contributed by atoms with Gasteiger partial charge >= 0.3 is 0 Å². The molecular formula is C10H20N2O2. The van der Waals surface area contributed by atoms with Gasteiger partial charge in [0.2, 0.25) is 5.91 Å². The van der Waals surface area contributed by atoms with Crippen LogP contribution in [0, 0.1) is 5.41 Å². The van der Waals surface area contributed by atoms with Gasteiger partial charge in [0.05, 0.1) is 11.5 Å². The van der Waals surface area contributed by atoms with E-state index in [2.05, 4.69) is 0 Å².